The fraction of sp³-hybridized carbons (Fsp3) is 0.333. The minimum absolute atomic E-state index is 0.0996. The summed E-state index contributed by atoms with van der Waals surface area (Å²) in [4.78, 5) is 28.5. The van der Waals surface area contributed by atoms with E-state index in [2.05, 4.69) is 4.74 Å². The molecule has 0 spiro atoms. The average Bonchev–Trinajstić information content (AvgIpc) is 3.36. The second kappa shape index (κ2) is 12.1. The SMILES string of the molecule is CC(C)(C)OC=O.COC(=O)c1c(CS(=O)(=O)c2ccccc2)ccc(-c2ccoc2)c1ON1CCC1. The number of methoxy groups -OCH3 is 1. The first-order valence-electron chi connectivity index (χ1n) is 11.6. The van der Waals surface area contributed by atoms with Crippen molar-refractivity contribution in [3.8, 4) is 16.9 Å². The molecule has 2 heterocycles. The first-order valence-corrected chi connectivity index (χ1v) is 13.3. The third kappa shape index (κ3) is 7.43. The molecule has 1 aliphatic heterocycles. The van der Waals surface area contributed by atoms with Crippen molar-refractivity contribution in [1.29, 1.82) is 0 Å². The van der Waals surface area contributed by atoms with E-state index in [9.17, 15) is 18.0 Å². The molecule has 0 radical (unpaired) electrons. The third-order valence-corrected chi connectivity index (χ3v) is 7.03. The Morgan fingerprint density at radius 1 is 1.08 bits per heavy atom. The summed E-state index contributed by atoms with van der Waals surface area (Å²) in [5, 5.41) is 1.72. The number of hydrogen-bond donors (Lipinski definition) is 0. The third-order valence-electron chi connectivity index (χ3n) is 5.35. The molecule has 0 atom stereocenters. The van der Waals surface area contributed by atoms with Gasteiger partial charge in [-0.25, -0.2) is 13.2 Å². The Morgan fingerprint density at radius 2 is 1.78 bits per heavy atom. The smallest absolute Gasteiger partial charge is 0.342 e. The minimum atomic E-state index is -3.68. The monoisotopic (exact) mass is 529 g/mol. The van der Waals surface area contributed by atoms with Gasteiger partial charge in [-0.2, -0.15) is 0 Å². The number of benzene rings is 2. The van der Waals surface area contributed by atoms with Gasteiger partial charge in [-0.05, 0) is 51.0 Å². The fourth-order valence-corrected chi connectivity index (χ4v) is 4.77. The normalized spacial score (nSPS) is 13.5. The Kier molecular flexibility index (Phi) is 9.12. The topological polar surface area (TPSA) is 112 Å². The molecule has 9 nitrogen and oxygen atoms in total. The maximum Gasteiger partial charge on any atom is 0.342 e. The van der Waals surface area contributed by atoms with Crippen LogP contribution in [-0.2, 0) is 29.9 Å². The number of ether oxygens (including phenoxy) is 2. The number of nitrogens with zero attached hydrogens (tertiary/aromatic N) is 1. The second-order valence-electron chi connectivity index (χ2n) is 9.25. The maximum absolute atomic E-state index is 13.0. The lowest BCUT2D eigenvalue weighted by Gasteiger charge is -2.31. The van der Waals surface area contributed by atoms with E-state index in [4.69, 9.17) is 14.0 Å². The molecule has 37 heavy (non-hydrogen) atoms. The molecule has 1 saturated heterocycles. The van der Waals surface area contributed by atoms with Crippen LogP contribution in [0, 0.1) is 0 Å². The average molecular weight is 530 g/mol. The lowest BCUT2D eigenvalue weighted by Crippen LogP contribution is -2.40. The van der Waals surface area contributed by atoms with Gasteiger partial charge < -0.3 is 18.7 Å². The van der Waals surface area contributed by atoms with E-state index in [1.807, 2.05) is 20.8 Å². The van der Waals surface area contributed by atoms with E-state index < -0.39 is 15.8 Å². The Balaban J connectivity index is 0.000000479. The van der Waals surface area contributed by atoms with Gasteiger partial charge in [-0.15, -0.1) is 5.06 Å². The molecule has 0 unspecified atom stereocenters. The molecule has 3 aromatic rings. The number of furan rings is 1. The van der Waals surface area contributed by atoms with Gasteiger partial charge in [0.15, 0.2) is 15.6 Å². The molecular formula is C27H31NO8S. The molecule has 1 aliphatic rings. The number of carbonyl (C=O) groups is 2. The first kappa shape index (κ1) is 27.9. The van der Waals surface area contributed by atoms with Crippen LogP contribution in [0.5, 0.6) is 5.75 Å². The molecule has 0 bridgehead atoms. The van der Waals surface area contributed by atoms with Crippen LogP contribution in [0.4, 0.5) is 0 Å². The highest BCUT2D eigenvalue weighted by Gasteiger charge is 2.29. The predicted molar refractivity (Wildman–Crippen MR) is 137 cm³/mol. The van der Waals surface area contributed by atoms with Crippen molar-refractivity contribution in [2.75, 3.05) is 20.2 Å². The van der Waals surface area contributed by atoms with Crippen LogP contribution >= 0.6 is 0 Å². The molecule has 0 amide bonds. The maximum atomic E-state index is 13.0. The van der Waals surface area contributed by atoms with Gasteiger partial charge >= 0.3 is 5.97 Å². The standard InChI is InChI=1S/C22H21NO6S.C5H10O2/c1-27-22(24)20-17(15-30(25,26)18-6-3-2-4-7-18)8-9-19(16-10-13-28-14-16)21(20)29-23-11-5-12-23;1-5(2,3)7-4-6/h2-4,6-10,13-14H,5,11-12,15H2,1H3;4H,1-3H3. The number of sulfone groups is 1. The molecule has 10 heteroatoms. The highest BCUT2D eigenvalue weighted by Crippen LogP contribution is 2.38. The van der Waals surface area contributed by atoms with E-state index in [1.54, 1.807) is 47.7 Å². The van der Waals surface area contributed by atoms with Crippen LogP contribution < -0.4 is 4.84 Å². The van der Waals surface area contributed by atoms with E-state index in [-0.39, 0.29) is 27.6 Å². The highest BCUT2D eigenvalue weighted by atomic mass is 32.2. The van der Waals surface area contributed by atoms with E-state index in [1.165, 1.54) is 25.5 Å². The number of hydrogen-bond acceptors (Lipinski definition) is 9. The van der Waals surface area contributed by atoms with Crippen LogP contribution in [-0.4, -0.2) is 51.7 Å². The summed E-state index contributed by atoms with van der Waals surface area (Å²) in [7, 11) is -2.42. The van der Waals surface area contributed by atoms with Crippen molar-refractivity contribution in [3.05, 3.63) is 72.2 Å². The quantitative estimate of drug-likeness (QED) is 0.304. The molecule has 2 aromatic carbocycles. The highest BCUT2D eigenvalue weighted by molar-refractivity contribution is 7.90. The number of carbonyl (C=O) groups excluding carboxylic acids is 2. The molecule has 0 saturated carbocycles. The van der Waals surface area contributed by atoms with E-state index >= 15 is 0 Å². The van der Waals surface area contributed by atoms with Crippen molar-refractivity contribution < 1.29 is 36.7 Å². The summed E-state index contributed by atoms with van der Waals surface area (Å²) >= 11 is 0. The Hall–Kier alpha value is -3.63. The molecule has 0 N–H and O–H groups in total. The van der Waals surface area contributed by atoms with Crippen LogP contribution in [0.2, 0.25) is 0 Å². The summed E-state index contributed by atoms with van der Waals surface area (Å²) < 4.78 is 40.6. The number of esters is 1. The molecule has 198 valence electrons. The van der Waals surface area contributed by atoms with Crippen molar-refractivity contribution in [2.45, 2.75) is 43.4 Å². The van der Waals surface area contributed by atoms with Gasteiger partial charge in [0.2, 0.25) is 0 Å². The molecule has 1 fully saturated rings. The zero-order valence-electron chi connectivity index (χ0n) is 21.3. The summed E-state index contributed by atoms with van der Waals surface area (Å²) in [6.07, 6.45) is 4.05. The van der Waals surface area contributed by atoms with Gasteiger partial charge in [-0.1, -0.05) is 30.3 Å². The summed E-state index contributed by atoms with van der Waals surface area (Å²) in [5.74, 6) is -0.749. The number of rotatable bonds is 8. The van der Waals surface area contributed by atoms with Gasteiger partial charge in [-0.3, -0.25) is 4.79 Å². The van der Waals surface area contributed by atoms with Crippen molar-refractivity contribution in [1.82, 2.24) is 5.06 Å². The molecule has 1 aromatic heterocycles. The zero-order valence-corrected chi connectivity index (χ0v) is 22.1. The Bertz CT molecular complexity index is 1290. The minimum Gasteiger partial charge on any atom is -0.472 e. The van der Waals surface area contributed by atoms with E-state index in [0.717, 1.165) is 19.5 Å². The largest absolute Gasteiger partial charge is 0.472 e. The summed E-state index contributed by atoms with van der Waals surface area (Å²) in [5.41, 5.74) is 1.43. The van der Waals surface area contributed by atoms with Crippen LogP contribution in [0.15, 0.2) is 70.4 Å². The van der Waals surface area contributed by atoms with Crippen LogP contribution in [0.3, 0.4) is 0 Å². The molecular weight excluding hydrogens is 498 g/mol. The summed E-state index contributed by atoms with van der Waals surface area (Å²) in [6.45, 7) is 7.36. The van der Waals surface area contributed by atoms with Crippen molar-refractivity contribution >= 4 is 22.3 Å². The van der Waals surface area contributed by atoms with Gasteiger partial charge in [0.1, 0.15) is 11.2 Å². The lowest BCUT2D eigenvalue weighted by atomic mass is 9.99. The van der Waals surface area contributed by atoms with Crippen molar-refractivity contribution in [2.24, 2.45) is 0 Å². The zero-order chi connectivity index (χ0) is 27.1. The van der Waals surface area contributed by atoms with Crippen LogP contribution in [0.1, 0.15) is 43.1 Å². The van der Waals surface area contributed by atoms with Gasteiger partial charge in [0.05, 0.1) is 30.3 Å². The van der Waals surface area contributed by atoms with E-state index in [0.29, 0.717) is 23.2 Å². The Labute approximate surface area is 216 Å². The van der Waals surface area contributed by atoms with Crippen molar-refractivity contribution in [3.63, 3.8) is 0 Å². The van der Waals surface area contributed by atoms with Crippen LogP contribution in [0.25, 0.3) is 11.1 Å². The summed E-state index contributed by atoms with van der Waals surface area (Å²) in [6, 6.07) is 13.2. The lowest BCUT2D eigenvalue weighted by molar-refractivity contribution is -0.138. The predicted octanol–water partition coefficient (Wildman–Crippen LogP) is 4.66. The number of hydroxylamine groups is 2. The molecule has 4 rings (SSSR count). The fourth-order valence-electron chi connectivity index (χ4n) is 3.38. The first-order chi connectivity index (χ1) is 17.6. The Morgan fingerprint density at radius 3 is 2.27 bits per heavy atom. The van der Waals surface area contributed by atoms with Gasteiger partial charge in [0.25, 0.3) is 6.47 Å². The van der Waals surface area contributed by atoms with Gasteiger partial charge in [0, 0.05) is 24.2 Å². The molecule has 0 aliphatic carbocycles. The second-order valence-corrected chi connectivity index (χ2v) is 11.2.